The van der Waals surface area contributed by atoms with Crippen LogP contribution < -0.4 is 4.72 Å². The molecule has 0 saturated carbocycles. The summed E-state index contributed by atoms with van der Waals surface area (Å²) in [5.74, 6) is -1.55. The van der Waals surface area contributed by atoms with E-state index >= 15 is 0 Å². The molecule has 1 aromatic heterocycles. The van der Waals surface area contributed by atoms with Crippen LogP contribution in [0, 0.1) is 10.1 Å². The van der Waals surface area contributed by atoms with Crippen molar-refractivity contribution in [3.8, 4) is 5.88 Å². The van der Waals surface area contributed by atoms with Crippen molar-refractivity contribution in [1.29, 1.82) is 0 Å². The number of aliphatic imine (C=N–C) groups is 1. The van der Waals surface area contributed by atoms with Crippen molar-refractivity contribution < 1.29 is 28.3 Å². The zero-order chi connectivity index (χ0) is 25.2. The lowest BCUT2D eigenvalue weighted by Crippen LogP contribution is -2.29. The maximum atomic E-state index is 12.3. The van der Waals surface area contributed by atoms with Gasteiger partial charge in [-0.15, -0.1) is 0 Å². The largest absolute Gasteiger partial charge is 0.494 e. The molecule has 0 atom stereocenters. The highest BCUT2D eigenvalue weighted by Crippen LogP contribution is 2.33. The van der Waals surface area contributed by atoms with E-state index < -0.39 is 27.5 Å². The second kappa shape index (κ2) is 9.37. The number of non-ortho nitro benzene ring substituents is 1. The van der Waals surface area contributed by atoms with Crippen LogP contribution in [0.15, 0.2) is 82.7 Å². The van der Waals surface area contributed by atoms with Crippen molar-refractivity contribution >= 4 is 44.0 Å². The summed E-state index contributed by atoms with van der Waals surface area (Å²) in [5.41, 5.74) is 1.80. The van der Waals surface area contributed by atoms with Gasteiger partial charge in [-0.1, -0.05) is 30.3 Å². The topological polar surface area (TPSA) is 175 Å². The van der Waals surface area contributed by atoms with E-state index in [0.717, 1.165) is 0 Å². The highest BCUT2D eigenvalue weighted by atomic mass is 32.2. The van der Waals surface area contributed by atoms with Gasteiger partial charge in [0.1, 0.15) is 6.54 Å². The van der Waals surface area contributed by atoms with Crippen molar-refractivity contribution in [3.05, 3.63) is 94.0 Å². The Morgan fingerprint density at radius 1 is 1.06 bits per heavy atom. The predicted molar refractivity (Wildman–Crippen MR) is 128 cm³/mol. The number of nitro benzene ring substituents is 1. The fraction of sp³-hybridized carbons (Fsp3) is 0.0435. The van der Waals surface area contributed by atoms with Crippen LogP contribution in [0.3, 0.4) is 0 Å². The second-order valence-electron chi connectivity index (χ2n) is 7.37. The first-order valence-corrected chi connectivity index (χ1v) is 11.6. The molecule has 0 aliphatic carbocycles. The van der Waals surface area contributed by atoms with E-state index in [-0.39, 0.29) is 22.0 Å². The number of aromatic hydroxyl groups is 1. The van der Waals surface area contributed by atoms with Crippen LogP contribution in [0.2, 0.25) is 0 Å². The summed E-state index contributed by atoms with van der Waals surface area (Å²) in [5, 5.41) is 31.1. The third kappa shape index (κ3) is 5.03. The molecule has 4 rings (SSSR count). The normalized spacial score (nSPS) is 12.1. The van der Waals surface area contributed by atoms with Gasteiger partial charge < -0.3 is 15.2 Å². The number of benzene rings is 3. The lowest BCUT2D eigenvalue weighted by molar-refractivity contribution is -0.384. The van der Waals surface area contributed by atoms with Crippen LogP contribution in [-0.4, -0.2) is 46.8 Å². The first kappa shape index (κ1) is 23.6. The minimum atomic E-state index is -4.03. The van der Waals surface area contributed by atoms with Gasteiger partial charge in [0.15, 0.2) is 5.88 Å². The number of aromatic amines is 1. The Hall–Kier alpha value is -4.55. The number of carboxylic acid groups (broad SMARTS) is 1. The van der Waals surface area contributed by atoms with Gasteiger partial charge in [-0.2, -0.15) is 4.72 Å². The molecule has 0 spiro atoms. The minimum absolute atomic E-state index is 0.149. The number of hydrogen-bond acceptors (Lipinski definition) is 7. The molecule has 35 heavy (non-hydrogen) atoms. The minimum Gasteiger partial charge on any atom is -0.494 e. The summed E-state index contributed by atoms with van der Waals surface area (Å²) < 4.78 is 26.5. The standard InChI is InChI=1S/C23H18N4O7S/c28-20(29)13-24-35(33,34)17-9-6-15(7-10-17)25-22(14-4-2-1-3-5-14)21-18-12-16(27(31)32)8-11-19(18)26-23(21)30/h1-12,24,26,30H,13H2,(H,28,29). The number of nitrogens with zero attached hydrogens (tertiary/aromatic N) is 2. The molecule has 0 saturated heterocycles. The molecule has 3 aromatic carbocycles. The monoisotopic (exact) mass is 494 g/mol. The van der Waals surface area contributed by atoms with Crippen LogP contribution in [0.5, 0.6) is 5.88 Å². The molecule has 0 bridgehead atoms. The maximum absolute atomic E-state index is 12.3. The number of nitro groups is 1. The Labute approximate surface area is 198 Å². The molecule has 178 valence electrons. The number of carbonyl (C=O) groups is 1. The Balaban J connectivity index is 1.83. The van der Waals surface area contributed by atoms with Crippen molar-refractivity contribution in [3.63, 3.8) is 0 Å². The third-order valence-corrected chi connectivity index (χ3v) is 6.48. The van der Waals surface area contributed by atoms with Crippen LogP contribution in [-0.2, 0) is 14.8 Å². The molecule has 12 heteroatoms. The summed E-state index contributed by atoms with van der Waals surface area (Å²) in [6.07, 6.45) is 0. The van der Waals surface area contributed by atoms with Gasteiger partial charge in [-0.25, -0.2) is 13.4 Å². The van der Waals surface area contributed by atoms with Gasteiger partial charge in [0.25, 0.3) is 5.69 Å². The SMILES string of the molecule is O=C(O)CNS(=O)(=O)c1ccc(N=C(c2ccccc2)c2c(O)[nH]c3ccc([N+](=O)[O-])cc23)cc1. The zero-order valence-corrected chi connectivity index (χ0v) is 18.7. The summed E-state index contributed by atoms with van der Waals surface area (Å²) >= 11 is 0. The number of nitrogens with one attached hydrogen (secondary N) is 2. The maximum Gasteiger partial charge on any atom is 0.318 e. The molecule has 0 unspecified atom stereocenters. The number of fused-ring (bicyclic) bond motifs is 1. The van der Waals surface area contributed by atoms with Gasteiger partial charge in [-0.3, -0.25) is 14.9 Å². The molecule has 0 amide bonds. The second-order valence-corrected chi connectivity index (χ2v) is 9.14. The Morgan fingerprint density at radius 3 is 2.37 bits per heavy atom. The summed E-state index contributed by atoms with van der Waals surface area (Å²) in [4.78, 5) is 28.7. The average Bonchev–Trinajstić information content (AvgIpc) is 3.17. The smallest absolute Gasteiger partial charge is 0.318 e. The summed E-state index contributed by atoms with van der Waals surface area (Å²) in [6, 6.07) is 18.4. The summed E-state index contributed by atoms with van der Waals surface area (Å²) in [7, 11) is -4.03. The van der Waals surface area contributed by atoms with E-state index in [1.165, 1.54) is 42.5 Å². The number of sulfonamides is 1. The summed E-state index contributed by atoms with van der Waals surface area (Å²) in [6.45, 7) is -0.758. The molecular formula is C23H18N4O7S. The molecule has 4 N–H and O–H groups in total. The highest BCUT2D eigenvalue weighted by molar-refractivity contribution is 7.89. The van der Waals surface area contributed by atoms with Gasteiger partial charge in [0, 0.05) is 28.6 Å². The van der Waals surface area contributed by atoms with Crippen molar-refractivity contribution in [1.82, 2.24) is 9.71 Å². The Morgan fingerprint density at radius 2 is 1.74 bits per heavy atom. The van der Waals surface area contributed by atoms with Crippen molar-refractivity contribution in [2.45, 2.75) is 4.90 Å². The van der Waals surface area contributed by atoms with Gasteiger partial charge in [0.2, 0.25) is 10.0 Å². The van der Waals surface area contributed by atoms with E-state index in [9.17, 15) is 28.4 Å². The van der Waals surface area contributed by atoms with Gasteiger partial charge >= 0.3 is 5.97 Å². The number of aliphatic carboxylic acids is 1. The average molecular weight is 494 g/mol. The fourth-order valence-corrected chi connectivity index (χ4v) is 4.42. The zero-order valence-electron chi connectivity index (χ0n) is 17.9. The van der Waals surface area contributed by atoms with E-state index in [1.54, 1.807) is 30.3 Å². The molecule has 4 aromatic rings. The fourth-order valence-electron chi connectivity index (χ4n) is 3.45. The van der Waals surface area contributed by atoms with E-state index in [1.807, 2.05) is 4.72 Å². The predicted octanol–water partition coefficient (Wildman–Crippen LogP) is 3.31. The molecule has 0 radical (unpaired) electrons. The quantitative estimate of drug-likeness (QED) is 0.165. The Kier molecular flexibility index (Phi) is 6.32. The van der Waals surface area contributed by atoms with E-state index in [4.69, 9.17) is 5.11 Å². The molecule has 1 heterocycles. The number of rotatable bonds is 8. The molecule has 11 nitrogen and oxygen atoms in total. The van der Waals surface area contributed by atoms with Crippen molar-refractivity contribution in [2.75, 3.05) is 6.54 Å². The number of H-pyrrole nitrogens is 1. The van der Waals surface area contributed by atoms with Crippen LogP contribution in [0.4, 0.5) is 11.4 Å². The van der Waals surface area contributed by atoms with Crippen LogP contribution in [0.1, 0.15) is 11.1 Å². The first-order valence-electron chi connectivity index (χ1n) is 10.1. The molecule has 0 fully saturated rings. The number of carboxylic acids is 1. The third-order valence-electron chi connectivity index (χ3n) is 5.06. The number of aromatic nitrogens is 1. The van der Waals surface area contributed by atoms with Crippen LogP contribution >= 0.6 is 0 Å². The van der Waals surface area contributed by atoms with Crippen molar-refractivity contribution in [2.24, 2.45) is 4.99 Å². The molecule has 0 aliphatic heterocycles. The van der Waals surface area contributed by atoms with Gasteiger partial charge in [-0.05, 0) is 30.3 Å². The Bertz CT molecular complexity index is 1560. The highest BCUT2D eigenvalue weighted by Gasteiger charge is 2.21. The lowest BCUT2D eigenvalue weighted by Gasteiger charge is -2.09. The molecule has 0 aliphatic rings. The van der Waals surface area contributed by atoms with Crippen LogP contribution in [0.25, 0.3) is 10.9 Å². The van der Waals surface area contributed by atoms with Gasteiger partial charge in [0.05, 0.1) is 26.8 Å². The first-order chi connectivity index (χ1) is 16.7. The lowest BCUT2D eigenvalue weighted by atomic mass is 10.0. The van der Waals surface area contributed by atoms with E-state index in [0.29, 0.717) is 27.9 Å². The van der Waals surface area contributed by atoms with E-state index in [2.05, 4.69) is 9.98 Å². The molecular weight excluding hydrogens is 476 g/mol. The number of hydrogen-bond donors (Lipinski definition) is 4.